The van der Waals surface area contributed by atoms with Gasteiger partial charge < -0.3 is 9.64 Å². The van der Waals surface area contributed by atoms with Gasteiger partial charge in [-0.3, -0.25) is 4.90 Å². The number of nitrogens with zero attached hydrogens (tertiary/aromatic N) is 4. The summed E-state index contributed by atoms with van der Waals surface area (Å²) in [5.41, 5.74) is -0.815. The number of hydrogen-bond donors (Lipinski definition) is 0. The first-order valence-electron chi connectivity index (χ1n) is 9.18. The fourth-order valence-electron chi connectivity index (χ4n) is 6.03. The van der Waals surface area contributed by atoms with E-state index in [4.69, 9.17) is 16.3 Å². The van der Waals surface area contributed by atoms with Crippen LogP contribution in [0.25, 0.3) is 0 Å². The normalized spacial score (nSPS) is 37.5. The third kappa shape index (κ3) is 2.20. The summed E-state index contributed by atoms with van der Waals surface area (Å²) in [5, 5.41) is 8.65. The molecule has 1 amide bonds. The fourth-order valence-corrected chi connectivity index (χ4v) is 6.13. The van der Waals surface area contributed by atoms with E-state index < -0.39 is 5.60 Å². The molecular formula is C19H27ClN4O2. The summed E-state index contributed by atoms with van der Waals surface area (Å²) in [6, 6.07) is 3.69. The monoisotopic (exact) mass is 378 g/mol. The Labute approximate surface area is 159 Å². The molecule has 4 rings (SSSR count). The molecule has 2 bridgehead atoms. The summed E-state index contributed by atoms with van der Waals surface area (Å²) >= 11 is 5.88. The van der Waals surface area contributed by atoms with Gasteiger partial charge in [-0.15, -0.1) is 10.2 Å². The molecule has 1 aliphatic heterocycles. The maximum absolute atomic E-state index is 12.9. The smallest absolute Gasteiger partial charge is 0.411 e. The van der Waals surface area contributed by atoms with Crippen molar-refractivity contribution < 1.29 is 9.53 Å². The highest BCUT2D eigenvalue weighted by molar-refractivity contribution is 6.29. The van der Waals surface area contributed by atoms with Crippen LogP contribution < -0.4 is 4.90 Å². The van der Waals surface area contributed by atoms with Gasteiger partial charge in [0.15, 0.2) is 11.0 Å². The van der Waals surface area contributed by atoms with E-state index in [2.05, 4.69) is 36.0 Å². The molecule has 1 saturated heterocycles. The first kappa shape index (κ1) is 17.8. The van der Waals surface area contributed by atoms with Crippen LogP contribution in [0.4, 0.5) is 10.6 Å². The van der Waals surface area contributed by atoms with E-state index in [0.29, 0.717) is 11.1 Å². The van der Waals surface area contributed by atoms with Crippen molar-refractivity contribution in [1.29, 1.82) is 0 Å². The number of ether oxygens (including phenoxy) is 1. The van der Waals surface area contributed by atoms with Crippen LogP contribution in [0.5, 0.6) is 0 Å². The maximum Gasteiger partial charge on any atom is 0.411 e. The summed E-state index contributed by atoms with van der Waals surface area (Å²) in [4.78, 5) is 17.2. The van der Waals surface area contributed by atoms with E-state index in [1.165, 1.54) is 0 Å². The molecule has 4 atom stereocenters. The molecule has 3 fully saturated rings. The number of carbonyl (C=O) groups excluding carboxylic acids is 1. The van der Waals surface area contributed by atoms with Crippen molar-refractivity contribution in [1.82, 2.24) is 15.1 Å². The van der Waals surface area contributed by atoms with Crippen molar-refractivity contribution in [2.24, 2.45) is 5.92 Å². The number of halogens is 1. The zero-order chi connectivity index (χ0) is 19.1. The van der Waals surface area contributed by atoms with Crippen molar-refractivity contribution in [3.63, 3.8) is 0 Å². The Balaban J connectivity index is 1.62. The molecule has 0 radical (unpaired) electrons. The molecule has 1 unspecified atom stereocenters. The van der Waals surface area contributed by atoms with Crippen LogP contribution in [0, 0.1) is 5.92 Å². The lowest BCUT2D eigenvalue weighted by Crippen LogP contribution is -2.79. The van der Waals surface area contributed by atoms with Gasteiger partial charge in [0.25, 0.3) is 0 Å². The van der Waals surface area contributed by atoms with E-state index in [9.17, 15) is 4.79 Å². The molecule has 2 saturated carbocycles. The van der Waals surface area contributed by atoms with Gasteiger partial charge in [-0.25, -0.2) is 4.79 Å². The Morgan fingerprint density at radius 1 is 1.31 bits per heavy atom. The molecule has 1 aromatic rings. The summed E-state index contributed by atoms with van der Waals surface area (Å²) in [6.07, 6.45) is 2.64. The fraction of sp³-hybridized carbons (Fsp3) is 0.737. The SMILES string of the molecule is CN(c1ccc(Cl)nn1)[C@]12C[C@@]3(C)CC1[C@@](C)(C2)N3C(=O)OC(C)(C)C. The average molecular weight is 379 g/mol. The van der Waals surface area contributed by atoms with Gasteiger partial charge >= 0.3 is 6.09 Å². The third-order valence-corrected chi connectivity index (χ3v) is 6.85. The number of rotatable bonds is 2. The molecule has 0 aromatic carbocycles. The van der Waals surface area contributed by atoms with Gasteiger partial charge in [-0.1, -0.05) is 11.6 Å². The van der Waals surface area contributed by atoms with Gasteiger partial charge in [0.2, 0.25) is 0 Å². The highest BCUT2D eigenvalue weighted by Gasteiger charge is 2.80. The first-order valence-corrected chi connectivity index (χ1v) is 9.56. The number of hydrogen-bond acceptors (Lipinski definition) is 5. The van der Waals surface area contributed by atoms with Crippen LogP contribution in [-0.2, 0) is 4.74 Å². The Morgan fingerprint density at radius 3 is 2.54 bits per heavy atom. The second kappa shape index (κ2) is 5.03. The number of amides is 1. The van der Waals surface area contributed by atoms with Crippen LogP contribution in [0.1, 0.15) is 53.9 Å². The Bertz CT molecular complexity index is 760. The number of fused-ring (bicyclic) bond motifs is 1. The lowest BCUT2D eigenvalue weighted by molar-refractivity contribution is -0.116. The minimum atomic E-state index is -0.484. The summed E-state index contributed by atoms with van der Waals surface area (Å²) in [6.45, 7) is 10.1. The lowest BCUT2D eigenvalue weighted by Gasteiger charge is -2.68. The number of anilines is 1. The molecular weight excluding hydrogens is 352 g/mol. The molecule has 0 N–H and O–H groups in total. The minimum absolute atomic E-state index is 0.0184. The molecule has 3 aliphatic rings. The quantitative estimate of drug-likeness (QED) is 0.781. The number of aromatic nitrogens is 2. The predicted octanol–water partition coefficient (Wildman–Crippen LogP) is 3.89. The Morgan fingerprint density at radius 2 is 2.00 bits per heavy atom. The van der Waals surface area contributed by atoms with Crippen LogP contribution in [0.15, 0.2) is 12.1 Å². The van der Waals surface area contributed by atoms with Gasteiger partial charge in [0, 0.05) is 18.5 Å². The van der Waals surface area contributed by atoms with E-state index in [1.807, 2.05) is 31.7 Å². The standard InChI is InChI=1S/C19H27ClN4O2/c1-16(2,3)26-15(25)24-17(4)9-12-18(24,5)11-19(12,10-17)23(6)14-8-7-13(20)21-22-14/h7-8,12H,9-11H2,1-6H3/t12?,17-,18-,19+/m1/s1. The van der Waals surface area contributed by atoms with Gasteiger partial charge in [-0.05, 0) is 66.0 Å². The van der Waals surface area contributed by atoms with Crippen molar-refractivity contribution in [3.8, 4) is 0 Å². The molecule has 1 aromatic heterocycles. The van der Waals surface area contributed by atoms with E-state index in [0.717, 1.165) is 25.1 Å². The van der Waals surface area contributed by atoms with Crippen LogP contribution in [0.2, 0.25) is 5.15 Å². The Kier molecular flexibility index (Phi) is 3.45. The van der Waals surface area contributed by atoms with E-state index in [-0.39, 0.29) is 22.7 Å². The molecule has 7 heteroatoms. The number of piperidine rings is 2. The van der Waals surface area contributed by atoms with Gasteiger partial charge in [0.05, 0.1) is 11.1 Å². The van der Waals surface area contributed by atoms with Crippen molar-refractivity contribution in [2.75, 3.05) is 11.9 Å². The minimum Gasteiger partial charge on any atom is -0.444 e. The summed E-state index contributed by atoms with van der Waals surface area (Å²) in [5.74, 6) is 1.23. The van der Waals surface area contributed by atoms with Crippen LogP contribution in [0.3, 0.4) is 0 Å². The van der Waals surface area contributed by atoms with E-state index in [1.54, 1.807) is 6.07 Å². The Hall–Kier alpha value is -1.56. The lowest BCUT2D eigenvalue weighted by atomic mass is 9.54. The van der Waals surface area contributed by atoms with Crippen molar-refractivity contribution in [2.45, 2.75) is 76.1 Å². The largest absolute Gasteiger partial charge is 0.444 e. The first-order chi connectivity index (χ1) is 11.9. The summed E-state index contributed by atoms with van der Waals surface area (Å²) in [7, 11) is 2.08. The second-order valence-electron chi connectivity index (χ2n) is 9.66. The molecule has 2 aliphatic carbocycles. The topological polar surface area (TPSA) is 58.6 Å². The third-order valence-electron chi connectivity index (χ3n) is 6.65. The van der Waals surface area contributed by atoms with Crippen LogP contribution >= 0.6 is 11.6 Å². The molecule has 142 valence electrons. The highest BCUT2D eigenvalue weighted by Crippen LogP contribution is 2.72. The van der Waals surface area contributed by atoms with E-state index >= 15 is 0 Å². The van der Waals surface area contributed by atoms with Crippen molar-refractivity contribution in [3.05, 3.63) is 17.3 Å². The zero-order valence-electron chi connectivity index (χ0n) is 16.3. The zero-order valence-corrected chi connectivity index (χ0v) is 17.1. The number of carbonyl (C=O) groups is 1. The van der Waals surface area contributed by atoms with Crippen LogP contribution in [-0.4, -0.2) is 50.5 Å². The molecule has 26 heavy (non-hydrogen) atoms. The second-order valence-corrected chi connectivity index (χ2v) is 10.0. The van der Waals surface area contributed by atoms with Gasteiger partial charge in [0.1, 0.15) is 5.60 Å². The number of likely N-dealkylation sites (tertiary alicyclic amines) is 1. The van der Waals surface area contributed by atoms with Crippen molar-refractivity contribution >= 4 is 23.5 Å². The molecule has 2 heterocycles. The average Bonchev–Trinajstić information content (AvgIpc) is 2.85. The predicted molar refractivity (Wildman–Crippen MR) is 100 cm³/mol. The molecule has 0 spiro atoms. The molecule has 6 nitrogen and oxygen atoms in total. The van der Waals surface area contributed by atoms with Gasteiger partial charge in [-0.2, -0.15) is 0 Å². The summed E-state index contributed by atoms with van der Waals surface area (Å²) < 4.78 is 5.73. The highest BCUT2D eigenvalue weighted by atomic mass is 35.5. The maximum atomic E-state index is 12.9.